The van der Waals surface area contributed by atoms with Crippen molar-refractivity contribution in [2.24, 2.45) is 11.8 Å². The minimum Gasteiger partial charge on any atom is -0.481 e. The Kier molecular flexibility index (Phi) is 5.67. The maximum atomic E-state index is 13.0. The molecule has 1 heterocycles. The second-order valence-corrected chi connectivity index (χ2v) is 8.67. The quantitative estimate of drug-likeness (QED) is 0.665. The van der Waals surface area contributed by atoms with Crippen molar-refractivity contribution in [3.05, 3.63) is 41.3 Å². The van der Waals surface area contributed by atoms with Crippen LogP contribution < -0.4 is 10.6 Å². The van der Waals surface area contributed by atoms with Crippen LogP contribution in [0.15, 0.2) is 35.7 Å². The van der Waals surface area contributed by atoms with Crippen molar-refractivity contribution in [2.75, 3.05) is 5.32 Å². The molecule has 0 aliphatic heterocycles. The third-order valence-corrected chi connectivity index (χ3v) is 6.57. The maximum Gasteiger partial charge on any atom is 0.307 e. The summed E-state index contributed by atoms with van der Waals surface area (Å²) in [4.78, 5) is 37.5. The molecule has 0 radical (unpaired) electrons. The van der Waals surface area contributed by atoms with Crippen LogP contribution in [0.5, 0.6) is 0 Å². The van der Waals surface area contributed by atoms with Gasteiger partial charge in [-0.3, -0.25) is 14.4 Å². The molecule has 2 aromatic rings. The molecule has 29 heavy (non-hydrogen) atoms. The van der Waals surface area contributed by atoms with E-state index in [1.54, 1.807) is 0 Å². The summed E-state index contributed by atoms with van der Waals surface area (Å²) in [6.45, 7) is 0. The highest BCUT2D eigenvalue weighted by Gasteiger charge is 2.36. The topological polar surface area (TPSA) is 95.5 Å². The number of rotatable bonds is 6. The first-order valence-electron chi connectivity index (χ1n) is 10.1. The minimum atomic E-state index is -0.923. The number of carbonyl (C=O) groups excluding carboxylic acids is 2. The van der Waals surface area contributed by atoms with E-state index in [1.165, 1.54) is 11.3 Å². The van der Waals surface area contributed by atoms with E-state index in [0.717, 1.165) is 36.8 Å². The van der Waals surface area contributed by atoms with E-state index in [9.17, 15) is 19.5 Å². The summed E-state index contributed by atoms with van der Waals surface area (Å²) in [5.74, 6) is -2.66. The molecule has 2 atom stereocenters. The average Bonchev–Trinajstić information content (AvgIpc) is 3.45. The van der Waals surface area contributed by atoms with Crippen LogP contribution in [0, 0.1) is 11.8 Å². The van der Waals surface area contributed by atoms with Crippen molar-refractivity contribution >= 4 is 34.1 Å². The SMILES string of the molecule is O=C(NC1CC1)c1c(-c2ccccc2)csc1NC(=O)C1CCCCC1C(=O)O. The Labute approximate surface area is 173 Å². The van der Waals surface area contributed by atoms with Crippen molar-refractivity contribution in [1.29, 1.82) is 0 Å². The van der Waals surface area contributed by atoms with Gasteiger partial charge in [0.05, 0.1) is 17.4 Å². The number of anilines is 1. The first kappa shape index (κ1) is 19.6. The van der Waals surface area contributed by atoms with Gasteiger partial charge >= 0.3 is 5.97 Å². The molecule has 2 unspecified atom stereocenters. The van der Waals surface area contributed by atoms with Crippen molar-refractivity contribution in [3.8, 4) is 11.1 Å². The lowest BCUT2D eigenvalue weighted by Crippen LogP contribution is -2.36. The highest BCUT2D eigenvalue weighted by atomic mass is 32.1. The summed E-state index contributed by atoms with van der Waals surface area (Å²) in [6.07, 6.45) is 4.69. The van der Waals surface area contributed by atoms with Crippen LogP contribution in [0.3, 0.4) is 0 Å². The van der Waals surface area contributed by atoms with Gasteiger partial charge in [-0.2, -0.15) is 0 Å². The Morgan fingerprint density at radius 1 is 0.966 bits per heavy atom. The number of amides is 2. The zero-order valence-corrected chi connectivity index (χ0v) is 16.8. The first-order valence-corrected chi connectivity index (χ1v) is 10.9. The molecule has 1 aromatic heterocycles. The summed E-state index contributed by atoms with van der Waals surface area (Å²) in [5, 5.41) is 17.7. The van der Waals surface area contributed by atoms with E-state index in [-0.39, 0.29) is 17.9 Å². The van der Waals surface area contributed by atoms with Gasteiger partial charge in [0.15, 0.2) is 0 Å². The monoisotopic (exact) mass is 412 g/mol. The van der Waals surface area contributed by atoms with Gasteiger partial charge in [-0.25, -0.2) is 0 Å². The van der Waals surface area contributed by atoms with Gasteiger partial charge in [0.25, 0.3) is 5.91 Å². The first-order chi connectivity index (χ1) is 14.0. The fourth-order valence-electron chi connectivity index (χ4n) is 3.94. The molecule has 2 amide bonds. The molecule has 2 aliphatic rings. The second-order valence-electron chi connectivity index (χ2n) is 7.79. The molecule has 2 aliphatic carbocycles. The average molecular weight is 413 g/mol. The Balaban J connectivity index is 1.62. The molecule has 4 rings (SSSR count). The molecular formula is C22H24N2O4S. The fourth-order valence-corrected chi connectivity index (χ4v) is 4.91. The molecule has 0 bridgehead atoms. The largest absolute Gasteiger partial charge is 0.481 e. The number of aliphatic carboxylic acids is 1. The van der Waals surface area contributed by atoms with Gasteiger partial charge in [0.1, 0.15) is 5.00 Å². The normalized spacial score (nSPS) is 21.4. The summed E-state index contributed by atoms with van der Waals surface area (Å²) < 4.78 is 0. The van der Waals surface area contributed by atoms with Gasteiger partial charge in [0.2, 0.25) is 5.91 Å². The van der Waals surface area contributed by atoms with E-state index >= 15 is 0 Å². The summed E-state index contributed by atoms with van der Waals surface area (Å²) in [6, 6.07) is 9.80. The van der Waals surface area contributed by atoms with Gasteiger partial charge in [-0.15, -0.1) is 11.3 Å². The lowest BCUT2D eigenvalue weighted by molar-refractivity contribution is -0.147. The van der Waals surface area contributed by atoms with E-state index in [0.29, 0.717) is 23.4 Å². The summed E-state index contributed by atoms with van der Waals surface area (Å²) in [5.41, 5.74) is 2.15. The van der Waals surface area contributed by atoms with Gasteiger partial charge in [-0.05, 0) is 31.2 Å². The van der Waals surface area contributed by atoms with Crippen LogP contribution in [0.2, 0.25) is 0 Å². The molecule has 7 heteroatoms. The second kappa shape index (κ2) is 8.37. The molecule has 152 valence electrons. The van der Waals surface area contributed by atoms with Crippen LogP contribution in [0.1, 0.15) is 48.9 Å². The lowest BCUT2D eigenvalue weighted by atomic mass is 9.78. The molecule has 0 saturated heterocycles. The van der Waals surface area contributed by atoms with Crippen molar-refractivity contribution in [2.45, 2.75) is 44.6 Å². The van der Waals surface area contributed by atoms with Crippen molar-refractivity contribution in [1.82, 2.24) is 5.32 Å². The van der Waals surface area contributed by atoms with Crippen molar-refractivity contribution < 1.29 is 19.5 Å². The number of benzene rings is 1. The number of thiophene rings is 1. The predicted octanol–water partition coefficient (Wildman–Crippen LogP) is 4.14. The number of nitrogens with one attached hydrogen (secondary N) is 2. The molecule has 3 N–H and O–H groups in total. The Hall–Kier alpha value is -2.67. The van der Waals surface area contributed by atoms with Gasteiger partial charge < -0.3 is 15.7 Å². The van der Waals surface area contributed by atoms with Crippen LogP contribution in [0.25, 0.3) is 11.1 Å². The molecule has 2 saturated carbocycles. The molecule has 1 aromatic carbocycles. The highest BCUT2D eigenvalue weighted by molar-refractivity contribution is 7.15. The Morgan fingerprint density at radius 3 is 2.31 bits per heavy atom. The number of carboxylic acids is 1. The number of carboxylic acid groups (broad SMARTS) is 1. The van der Waals surface area contributed by atoms with Crippen LogP contribution in [-0.4, -0.2) is 28.9 Å². The molecule has 0 spiro atoms. The molecule has 2 fully saturated rings. The number of hydrogen-bond acceptors (Lipinski definition) is 4. The third-order valence-electron chi connectivity index (χ3n) is 5.67. The zero-order valence-electron chi connectivity index (χ0n) is 16.0. The van der Waals surface area contributed by atoms with E-state index in [1.807, 2.05) is 35.7 Å². The minimum absolute atomic E-state index is 0.193. The fraction of sp³-hybridized carbons (Fsp3) is 0.409. The third kappa shape index (κ3) is 4.34. The number of carbonyl (C=O) groups is 3. The smallest absolute Gasteiger partial charge is 0.307 e. The zero-order chi connectivity index (χ0) is 20.4. The van der Waals surface area contributed by atoms with Crippen LogP contribution >= 0.6 is 11.3 Å². The molecular weight excluding hydrogens is 388 g/mol. The molecule has 6 nitrogen and oxygen atoms in total. The van der Waals surface area contributed by atoms with Crippen molar-refractivity contribution in [3.63, 3.8) is 0 Å². The highest BCUT2D eigenvalue weighted by Crippen LogP contribution is 2.38. The van der Waals surface area contributed by atoms with Gasteiger partial charge in [0, 0.05) is 17.0 Å². The summed E-state index contributed by atoms with van der Waals surface area (Å²) in [7, 11) is 0. The standard InChI is InChI=1S/C22H24N2O4S/c25-19(15-8-4-5-9-16(15)22(27)28)24-21-18(20(26)23-14-10-11-14)17(12-29-21)13-6-2-1-3-7-13/h1-3,6-7,12,14-16H,4-5,8-11H2,(H,23,26)(H,24,25)(H,27,28). The Morgan fingerprint density at radius 2 is 1.66 bits per heavy atom. The van der Waals surface area contributed by atoms with E-state index in [2.05, 4.69) is 10.6 Å². The van der Waals surface area contributed by atoms with Crippen LogP contribution in [0.4, 0.5) is 5.00 Å². The van der Waals surface area contributed by atoms with E-state index in [4.69, 9.17) is 0 Å². The summed E-state index contributed by atoms with van der Waals surface area (Å²) >= 11 is 1.31. The lowest BCUT2D eigenvalue weighted by Gasteiger charge is -2.27. The van der Waals surface area contributed by atoms with E-state index < -0.39 is 17.8 Å². The predicted molar refractivity (Wildman–Crippen MR) is 112 cm³/mol. The van der Waals surface area contributed by atoms with Crippen LogP contribution in [-0.2, 0) is 9.59 Å². The maximum absolute atomic E-state index is 13.0. The Bertz CT molecular complexity index is 920. The number of hydrogen-bond donors (Lipinski definition) is 3. The van der Waals surface area contributed by atoms with Gasteiger partial charge in [-0.1, -0.05) is 43.2 Å².